The second kappa shape index (κ2) is 6.34. The SMILES string of the molecule is Cc1ccc(F)cc1S(=O)(=O)NCC1(c2cccs2)CCCC1. The summed E-state index contributed by atoms with van der Waals surface area (Å²) in [7, 11) is -3.72. The molecule has 0 radical (unpaired) electrons. The van der Waals surface area contributed by atoms with Gasteiger partial charge in [-0.05, 0) is 48.9 Å². The highest BCUT2D eigenvalue weighted by molar-refractivity contribution is 7.89. The highest BCUT2D eigenvalue weighted by atomic mass is 32.2. The Morgan fingerprint density at radius 2 is 2.00 bits per heavy atom. The number of aryl methyl sites for hydroxylation is 1. The molecular weight excluding hydrogens is 333 g/mol. The third kappa shape index (κ3) is 3.34. The van der Waals surface area contributed by atoms with Crippen LogP contribution in [0.4, 0.5) is 4.39 Å². The molecule has 0 bridgehead atoms. The van der Waals surface area contributed by atoms with Crippen molar-refractivity contribution in [3.05, 3.63) is 52.0 Å². The topological polar surface area (TPSA) is 46.2 Å². The molecule has 23 heavy (non-hydrogen) atoms. The molecule has 3 rings (SSSR count). The van der Waals surface area contributed by atoms with Gasteiger partial charge in [0, 0.05) is 16.8 Å². The Kier molecular flexibility index (Phi) is 4.58. The Bertz CT molecular complexity index is 779. The highest BCUT2D eigenvalue weighted by Crippen LogP contribution is 2.42. The number of thiophene rings is 1. The molecule has 1 saturated carbocycles. The van der Waals surface area contributed by atoms with E-state index in [2.05, 4.69) is 10.8 Å². The normalized spacial score (nSPS) is 17.5. The van der Waals surface area contributed by atoms with Gasteiger partial charge in [0.15, 0.2) is 0 Å². The van der Waals surface area contributed by atoms with E-state index in [-0.39, 0.29) is 10.3 Å². The molecule has 0 aliphatic heterocycles. The summed E-state index contributed by atoms with van der Waals surface area (Å²) in [5.74, 6) is -0.537. The van der Waals surface area contributed by atoms with E-state index in [4.69, 9.17) is 0 Å². The van der Waals surface area contributed by atoms with Crippen LogP contribution < -0.4 is 4.72 Å². The van der Waals surface area contributed by atoms with Crippen LogP contribution in [0.5, 0.6) is 0 Å². The van der Waals surface area contributed by atoms with Gasteiger partial charge in [0.2, 0.25) is 10.0 Å². The van der Waals surface area contributed by atoms with Crippen molar-refractivity contribution in [1.29, 1.82) is 0 Å². The fraction of sp³-hybridized carbons (Fsp3) is 0.412. The summed E-state index contributed by atoms with van der Waals surface area (Å²) in [6, 6.07) is 7.94. The zero-order valence-electron chi connectivity index (χ0n) is 13.0. The molecule has 0 atom stereocenters. The van der Waals surface area contributed by atoms with Crippen molar-refractivity contribution in [2.24, 2.45) is 0 Å². The summed E-state index contributed by atoms with van der Waals surface area (Å²) in [6.07, 6.45) is 4.19. The molecule has 1 aromatic heterocycles. The molecule has 0 amide bonds. The lowest BCUT2D eigenvalue weighted by atomic mass is 9.85. The largest absolute Gasteiger partial charge is 0.240 e. The summed E-state index contributed by atoms with van der Waals surface area (Å²) >= 11 is 1.68. The fourth-order valence-electron chi connectivity index (χ4n) is 3.32. The van der Waals surface area contributed by atoms with Gasteiger partial charge in [0.05, 0.1) is 4.90 Å². The van der Waals surface area contributed by atoms with Crippen molar-refractivity contribution in [3.63, 3.8) is 0 Å². The smallest absolute Gasteiger partial charge is 0.210 e. The number of rotatable bonds is 5. The maximum atomic E-state index is 13.4. The van der Waals surface area contributed by atoms with E-state index < -0.39 is 15.8 Å². The summed E-state index contributed by atoms with van der Waals surface area (Å²) in [5.41, 5.74) is 0.429. The molecule has 0 unspecified atom stereocenters. The molecule has 1 fully saturated rings. The van der Waals surface area contributed by atoms with Crippen molar-refractivity contribution in [2.45, 2.75) is 42.9 Å². The summed E-state index contributed by atoms with van der Waals surface area (Å²) in [5, 5.41) is 2.03. The first-order valence-corrected chi connectivity index (χ1v) is 10.1. The number of hydrogen-bond acceptors (Lipinski definition) is 3. The summed E-state index contributed by atoms with van der Waals surface area (Å²) < 4.78 is 41.4. The van der Waals surface area contributed by atoms with Crippen molar-refractivity contribution < 1.29 is 12.8 Å². The molecule has 1 heterocycles. The van der Waals surface area contributed by atoms with Crippen LogP contribution in [0.15, 0.2) is 40.6 Å². The highest BCUT2D eigenvalue weighted by Gasteiger charge is 2.37. The zero-order valence-corrected chi connectivity index (χ0v) is 14.6. The Labute approximate surface area is 140 Å². The van der Waals surface area contributed by atoms with E-state index in [1.165, 1.54) is 17.0 Å². The average molecular weight is 353 g/mol. The van der Waals surface area contributed by atoms with Gasteiger partial charge in [-0.1, -0.05) is 25.0 Å². The monoisotopic (exact) mass is 353 g/mol. The van der Waals surface area contributed by atoms with E-state index in [0.717, 1.165) is 31.7 Å². The van der Waals surface area contributed by atoms with Gasteiger partial charge < -0.3 is 0 Å². The minimum atomic E-state index is -3.72. The van der Waals surface area contributed by atoms with Crippen LogP contribution in [0.2, 0.25) is 0 Å². The van der Waals surface area contributed by atoms with Crippen molar-refractivity contribution in [1.82, 2.24) is 4.72 Å². The van der Waals surface area contributed by atoms with Crippen LogP contribution >= 0.6 is 11.3 Å². The van der Waals surface area contributed by atoms with E-state index in [1.54, 1.807) is 18.3 Å². The molecule has 6 heteroatoms. The molecule has 1 aliphatic carbocycles. The Hall–Kier alpha value is -1.24. The van der Waals surface area contributed by atoms with Crippen molar-refractivity contribution >= 4 is 21.4 Å². The van der Waals surface area contributed by atoms with Gasteiger partial charge in [-0.15, -0.1) is 11.3 Å². The molecular formula is C17H20FNO2S2. The Morgan fingerprint density at radius 1 is 1.26 bits per heavy atom. The van der Waals surface area contributed by atoms with Crippen LogP contribution in [0.25, 0.3) is 0 Å². The van der Waals surface area contributed by atoms with Gasteiger partial charge in [0.25, 0.3) is 0 Å². The lowest BCUT2D eigenvalue weighted by Gasteiger charge is -2.28. The van der Waals surface area contributed by atoms with Crippen LogP contribution in [0.1, 0.15) is 36.1 Å². The molecule has 0 spiro atoms. The predicted molar refractivity (Wildman–Crippen MR) is 90.8 cm³/mol. The number of halogens is 1. The van der Waals surface area contributed by atoms with Crippen LogP contribution in [0.3, 0.4) is 0 Å². The van der Waals surface area contributed by atoms with E-state index >= 15 is 0 Å². The molecule has 1 N–H and O–H groups in total. The van der Waals surface area contributed by atoms with Gasteiger partial charge in [0.1, 0.15) is 5.82 Å². The van der Waals surface area contributed by atoms with Gasteiger partial charge in [-0.25, -0.2) is 17.5 Å². The standard InChI is InChI=1S/C17H20FNO2S2/c1-13-6-7-14(18)11-15(13)23(20,21)19-12-17(8-2-3-9-17)16-5-4-10-22-16/h4-7,10-11,19H,2-3,8-9,12H2,1H3. The average Bonchev–Trinajstić information content (AvgIpc) is 3.19. The summed E-state index contributed by atoms with van der Waals surface area (Å²) in [4.78, 5) is 1.26. The molecule has 2 aromatic rings. The maximum Gasteiger partial charge on any atom is 0.240 e. The first-order valence-electron chi connectivity index (χ1n) is 7.73. The number of nitrogens with one attached hydrogen (secondary N) is 1. The quantitative estimate of drug-likeness (QED) is 0.883. The van der Waals surface area contributed by atoms with Crippen LogP contribution in [-0.4, -0.2) is 15.0 Å². The molecule has 3 nitrogen and oxygen atoms in total. The second-order valence-electron chi connectivity index (χ2n) is 6.20. The summed E-state index contributed by atoms with van der Waals surface area (Å²) in [6.45, 7) is 2.05. The molecule has 1 aromatic carbocycles. The Morgan fingerprint density at radius 3 is 2.65 bits per heavy atom. The number of sulfonamides is 1. The van der Waals surface area contributed by atoms with Gasteiger partial charge in [-0.3, -0.25) is 0 Å². The molecule has 124 valence electrons. The lowest BCUT2D eigenvalue weighted by Crippen LogP contribution is -2.38. The Balaban J connectivity index is 1.85. The van der Waals surface area contributed by atoms with Crippen molar-refractivity contribution in [3.8, 4) is 0 Å². The second-order valence-corrected chi connectivity index (χ2v) is 8.88. The van der Waals surface area contributed by atoms with E-state index in [9.17, 15) is 12.8 Å². The van der Waals surface area contributed by atoms with Gasteiger partial charge >= 0.3 is 0 Å². The molecule has 1 aliphatic rings. The van der Waals surface area contributed by atoms with E-state index in [0.29, 0.717) is 12.1 Å². The van der Waals surface area contributed by atoms with Gasteiger partial charge in [-0.2, -0.15) is 0 Å². The number of benzene rings is 1. The predicted octanol–water partition coefficient (Wildman–Crippen LogP) is 3.99. The minimum absolute atomic E-state index is 0.0248. The minimum Gasteiger partial charge on any atom is -0.210 e. The van der Waals surface area contributed by atoms with Crippen molar-refractivity contribution in [2.75, 3.05) is 6.54 Å². The first-order chi connectivity index (χ1) is 10.9. The number of hydrogen-bond donors (Lipinski definition) is 1. The fourth-order valence-corrected chi connectivity index (χ4v) is 5.69. The lowest BCUT2D eigenvalue weighted by molar-refractivity contribution is 0.440. The third-order valence-corrected chi connectivity index (χ3v) is 7.30. The first kappa shape index (κ1) is 16.6. The van der Waals surface area contributed by atoms with Crippen LogP contribution in [0, 0.1) is 12.7 Å². The van der Waals surface area contributed by atoms with Crippen LogP contribution in [-0.2, 0) is 15.4 Å². The third-order valence-electron chi connectivity index (χ3n) is 4.64. The maximum absolute atomic E-state index is 13.4. The van der Waals surface area contributed by atoms with E-state index in [1.807, 2.05) is 11.4 Å². The molecule has 0 saturated heterocycles. The zero-order chi connectivity index (χ0) is 16.5.